The number of carbonyl (C=O) groups is 1. The van der Waals surface area contributed by atoms with Crippen molar-refractivity contribution in [2.45, 2.75) is 12.6 Å². The highest BCUT2D eigenvalue weighted by molar-refractivity contribution is 5.73. The maximum atomic E-state index is 13.3. The average Bonchev–Trinajstić information content (AvgIpc) is 2.51. The lowest BCUT2D eigenvalue weighted by Crippen LogP contribution is -2.21. The van der Waals surface area contributed by atoms with Gasteiger partial charge in [-0.15, -0.1) is 0 Å². The van der Waals surface area contributed by atoms with Crippen molar-refractivity contribution >= 4 is 11.8 Å². The number of aromatic amines is 1. The van der Waals surface area contributed by atoms with Gasteiger partial charge in [-0.3, -0.25) is 4.79 Å². The van der Waals surface area contributed by atoms with Crippen LogP contribution in [0.3, 0.4) is 0 Å². The van der Waals surface area contributed by atoms with Crippen molar-refractivity contribution in [1.82, 2.24) is 9.97 Å². The fraction of sp³-hybridized carbons (Fsp3) is 0.214. The van der Waals surface area contributed by atoms with Crippen LogP contribution in [0, 0.1) is 5.82 Å². The van der Waals surface area contributed by atoms with Crippen LogP contribution < -0.4 is 10.9 Å². The number of nitrogens with zero attached hydrogens (tertiary/aromatic N) is 1. The number of hydrogen-bond acceptors (Lipinski definition) is 4. The molecule has 6 nitrogen and oxygen atoms in total. The SMILES string of the molecule is O=C(O)C(F)(F)F.O=c1[nH]ccnc1NCCc1ccccc1F. The Balaban J connectivity index is 0.000000351. The molecule has 0 radical (unpaired) electrons. The lowest BCUT2D eigenvalue weighted by molar-refractivity contribution is -0.192. The van der Waals surface area contributed by atoms with Gasteiger partial charge in [-0.25, -0.2) is 14.2 Å². The summed E-state index contributed by atoms with van der Waals surface area (Å²) in [7, 11) is 0. The first-order chi connectivity index (χ1) is 11.2. The number of anilines is 1. The number of H-pyrrole nitrogens is 1. The van der Waals surface area contributed by atoms with Crippen LogP contribution in [0.15, 0.2) is 41.5 Å². The van der Waals surface area contributed by atoms with Crippen molar-refractivity contribution in [3.63, 3.8) is 0 Å². The highest BCUT2D eigenvalue weighted by atomic mass is 19.4. The van der Waals surface area contributed by atoms with E-state index in [0.717, 1.165) is 0 Å². The summed E-state index contributed by atoms with van der Waals surface area (Å²) in [5.41, 5.74) is 0.341. The largest absolute Gasteiger partial charge is 0.490 e. The molecule has 130 valence electrons. The van der Waals surface area contributed by atoms with Crippen molar-refractivity contribution in [3.05, 3.63) is 58.4 Å². The quantitative estimate of drug-likeness (QED) is 0.737. The summed E-state index contributed by atoms with van der Waals surface area (Å²) in [5.74, 6) is -2.74. The standard InChI is InChI=1S/C12H12FN3O.C2HF3O2/c13-10-4-2-1-3-9(10)5-6-14-11-12(17)16-8-7-15-11;3-2(4,5)1(6)7/h1-4,7-8H,5-6H2,(H,14,15)(H,16,17);(H,6,7). The van der Waals surface area contributed by atoms with Crippen LogP contribution in [-0.4, -0.2) is 33.8 Å². The predicted octanol–water partition coefficient (Wildman–Crippen LogP) is 2.20. The molecule has 0 amide bonds. The maximum Gasteiger partial charge on any atom is 0.490 e. The molecule has 0 atom stereocenters. The van der Waals surface area contributed by atoms with Crippen LogP contribution in [0.1, 0.15) is 5.56 Å². The van der Waals surface area contributed by atoms with E-state index in [4.69, 9.17) is 9.90 Å². The number of carboxylic acids is 1. The Hall–Kier alpha value is -2.91. The second-order valence-corrected chi connectivity index (χ2v) is 4.34. The van der Waals surface area contributed by atoms with Gasteiger partial charge in [0.15, 0.2) is 5.82 Å². The fourth-order valence-electron chi connectivity index (χ4n) is 1.49. The number of hydrogen-bond donors (Lipinski definition) is 3. The molecule has 0 spiro atoms. The Bertz CT molecular complexity index is 731. The summed E-state index contributed by atoms with van der Waals surface area (Å²) >= 11 is 0. The van der Waals surface area contributed by atoms with Gasteiger partial charge >= 0.3 is 12.1 Å². The van der Waals surface area contributed by atoms with E-state index in [1.165, 1.54) is 18.5 Å². The molecule has 0 aliphatic rings. The lowest BCUT2D eigenvalue weighted by atomic mass is 10.1. The average molecular weight is 347 g/mol. The van der Waals surface area contributed by atoms with E-state index in [2.05, 4.69) is 15.3 Å². The van der Waals surface area contributed by atoms with Crippen LogP contribution in [-0.2, 0) is 11.2 Å². The number of alkyl halides is 3. The maximum absolute atomic E-state index is 13.3. The number of halogens is 4. The number of benzene rings is 1. The van der Waals surface area contributed by atoms with E-state index in [0.29, 0.717) is 18.5 Å². The van der Waals surface area contributed by atoms with Crippen molar-refractivity contribution in [2.24, 2.45) is 0 Å². The van der Waals surface area contributed by atoms with Crippen LogP contribution in [0.5, 0.6) is 0 Å². The molecule has 3 N–H and O–H groups in total. The predicted molar refractivity (Wildman–Crippen MR) is 77.1 cm³/mol. The first-order valence-corrected chi connectivity index (χ1v) is 6.53. The minimum absolute atomic E-state index is 0.232. The molecular weight excluding hydrogens is 334 g/mol. The number of aromatic nitrogens is 2. The third-order valence-corrected chi connectivity index (χ3v) is 2.59. The van der Waals surface area contributed by atoms with Crippen molar-refractivity contribution < 1.29 is 27.5 Å². The van der Waals surface area contributed by atoms with Crippen molar-refractivity contribution in [1.29, 1.82) is 0 Å². The number of carboxylic acid groups (broad SMARTS) is 1. The van der Waals surface area contributed by atoms with Gasteiger partial charge in [0, 0.05) is 18.9 Å². The molecule has 0 aliphatic carbocycles. The van der Waals surface area contributed by atoms with Crippen LogP contribution in [0.25, 0.3) is 0 Å². The Kier molecular flexibility index (Phi) is 6.90. The summed E-state index contributed by atoms with van der Waals surface area (Å²) in [4.78, 5) is 26.6. The van der Waals surface area contributed by atoms with Crippen LogP contribution in [0.2, 0.25) is 0 Å². The monoisotopic (exact) mass is 347 g/mol. The molecule has 0 fully saturated rings. The summed E-state index contributed by atoms with van der Waals surface area (Å²) in [6.07, 6.45) is -1.63. The van der Waals surface area contributed by atoms with Gasteiger partial charge in [-0.05, 0) is 18.1 Å². The number of rotatable bonds is 4. The van der Waals surface area contributed by atoms with E-state index < -0.39 is 12.1 Å². The molecule has 2 aromatic rings. The van der Waals surface area contributed by atoms with Crippen LogP contribution >= 0.6 is 0 Å². The third kappa shape index (κ3) is 6.46. The van der Waals surface area contributed by atoms with Gasteiger partial charge in [0.2, 0.25) is 0 Å². The zero-order valence-corrected chi connectivity index (χ0v) is 12.1. The molecule has 10 heteroatoms. The van der Waals surface area contributed by atoms with Crippen molar-refractivity contribution in [3.8, 4) is 0 Å². The molecule has 24 heavy (non-hydrogen) atoms. The fourth-order valence-corrected chi connectivity index (χ4v) is 1.49. The van der Waals surface area contributed by atoms with Gasteiger partial charge in [0.25, 0.3) is 5.56 Å². The second kappa shape index (κ2) is 8.65. The topological polar surface area (TPSA) is 95.1 Å². The summed E-state index contributed by atoms with van der Waals surface area (Å²) in [6.45, 7) is 0.459. The first kappa shape index (κ1) is 19.1. The molecule has 1 aromatic heterocycles. The summed E-state index contributed by atoms with van der Waals surface area (Å²) in [5, 5.41) is 9.99. The molecule has 1 aromatic carbocycles. The molecular formula is C14H13F4N3O3. The molecule has 0 bridgehead atoms. The van der Waals surface area contributed by atoms with Gasteiger partial charge in [-0.1, -0.05) is 18.2 Å². The second-order valence-electron chi connectivity index (χ2n) is 4.34. The van der Waals surface area contributed by atoms with E-state index in [9.17, 15) is 22.4 Å². The summed E-state index contributed by atoms with van der Waals surface area (Å²) < 4.78 is 45.0. The highest BCUT2D eigenvalue weighted by Gasteiger charge is 2.38. The lowest BCUT2D eigenvalue weighted by Gasteiger charge is -2.05. The number of aliphatic carboxylic acids is 1. The zero-order valence-electron chi connectivity index (χ0n) is 12.1. The van der Waals surface area contributed by atoms with E-state index in [-0.39, 0.29) is 17.2 Å². The van der Waals surface area contributed by atoms with E-state index in [1.807, 2.05) is 0 Å². The molecule has 0 aliphatic heterocycles. The van der Waals surface area contributed by atoms with Gasteiger partial charge < -0.3 is 15.4 Å². The van der Waals surface area contributed by atoms with Crippen LogP contribution in [0.4, 0.5) is 23.4 Å². The Morgan fingerprint density at radius 2 is 1.92 bits per heavy atom. The van der Waals surface area contributed by atoms with E-state index >= 15 is 0 Å². The highest BCUT2D eigenvalue weighted by Crippen LogP contribution is 2.13. The van der Waals surface area contributed by atoms with Gasteiger partial charge in [-0.2, -0.15) is 13.2 Å². The van der Waals surface area contributed by atoms with E-state index in [1.54, 1.807) is 18.2 Å². The Morgan fingerprint density at radius 3 is 2.46 bits per heavy atom. The normalized spacial score (nSPS) is 10.5. The Morgan fingerprint density at radius 1 is 1.29 bits per heavy atom. The molecule has 0 unspecified atom stereocenters. The summed E-state index contributed by atoms with van der Waals surface area (Å²) in [6, 6.07) is 6.57. The smallest absolute Gasteiger partial charge is 0.475 e. The van der Waals surface area contributed by atoms with Gasteiger partial charge in [0.1, 0.15) is 5.82 Å². The molecule has 0 saturated carbocycles. The molecule has 0 saturated heterocycles. The number of nitrogens with one attached hydrogen (secondary N) is 2. The van der Waals surface area contributed by atoms with Gasteiger partial charge in [0.05, 0.1) is 0 Å². The molecule has 2 rings (SSSR count). The third-order valence-electron chi connectivity index (χ3n) is 2.59. The minimum atomic E-state index is -5.08. The zero-order chi connectivity index (χ0) is 18.2. The first-order valence-electron chi connectivity index (χ1n) is 6.53. The minimum Gasteiger partial charge on any atom is -0.475 e. The molecule has 1 heterocycles. The Labute approximate surface area is 133 Å². The van der Waals surface area contributed by atoms with Crippen molar-refractivity contribution in [2.75, 3.05) is 11.9 Å².